The molecule has 0 radical (unpaired) electrons. The molecule has 0 fully saturated rings. The average Bonchev–Trinajstić information content (AvgIpc) is 3.23. The molecule has 3 aromatic carbocycles. The third kappa shape index (κ3) is 3.53. The number of azo groups is 1. The standard InChI is InChI=1S/C23H15N5O2S2/c29-20-19(25-26-22-24-17-13-7-8-14-18(17)32-22)21(30)28(16-11-5-2-6-12-16)23(31)27(20)15-9-3-1-4-10-15/h1-14,29H. The third-order valence-electron chi connectivity index (χ3n) is 4.76. The summed E-state index contributed by atoms with van der Waals surface area (Å²) in [6, 6.07) is 25.6. The first-order valence-electron chi connectivity index (χ1n) is 9.62. The average molecular weight is 458 g/mol. The summed E-state index contributed by atoms with van der Waals surface area (Å²) in [6.07, 6.45) is 0. The predicted molar refractivity (Wildman–Crippen MR) is 128 cm³/mol. The lowest BCUT2D eigenvalue weighted by atomic mass is 10.3. The lowest BCUT2D eigenvalue weighted by Crippen LogP contribution is -2.23. The molecule has 9 heteroatoms. The topological polar surface area (TPSA) is 84.8 Å². The summed E-state index contributed by atoms with van der Waals surface area (Å²) in [5, 5.41) is 19.6. The number of thiazole rings is 1. The minimum absolute atomic E-state index is 0.115. The molecule has 2 heterocycles. The molecule has 0 unspecified atom stereocenters. The first kappa shape index (κ1) is 20.0. The van der Waals surface area contributed by atoms with Gasteiger partial charge in [0.25, 0.3) is 5.56 Å². The van der Waals surface area contributed by atoms with E-state index < -0.39 is 5.56 Å². The lowest BCUT2D eigenvalue weighted by Gasteiger charge is -2.15. The number of para-hydroxylation sites is 3. The quantitative estimate of drug-likeness (QED) is 0.261. The maximum absolute atomic E-state index is 13.3. The Labute approximate surface area is 191 Å². The van der Waals surface area contributed by atoms with Crippen LogP contribution in [-0.2, 0) is 0 Å². The fourth-order valence-corrected chi connectivity index (χ4v) is 4.45. The van der Waals surface area contributed by atoms with Gasteiger partial charge in [0.15, 0.2) is 4.77 Å². The van der Waals surface area contributed by atoms with Crippen LogP contribution in [0.2, 0.25) is 0 Å². The van der Waals surface area contributed by atoms with E-state index in [2.05, 4.69) is 15.2 Å². The molecule has 1 N–H and O–H groups in total. The first-order valence-corrected chi connectivity index (χ1v) is 10.8. The number of hydrogen-bond acceptors (Lipinski definition) is 7. The van der Waals surface area contributed by atoms with Gasteiger partial charge in [0.05, 0.1) is 21.6 Å². The fourth-order valence-electron chi connectivity index (χ4n) is 3.28. The van der Waals surface area contributed by atoms with E-state index >= 15 is 0 Å². The van der Waals surface area contributed by atoms with Crippen LogP contribution in [-0.4, -0.2) is 19.2 Å². The highest BCUT2D eigenvalue weighted by Gasteiger charge is 2.19. The van der Waals surface area contributed by atoms with Crippen LogP contribution in [0.5, 0.6) is 5.88 Å². The van der Waals surface area contributed by atoms with E-state index in [0.717, 1.165) is 10.2 Å². The Morgan fingerprint density at radius 2 is 1.41 bits per heavy atom. The molecule has 32 heavy (non-hydrogen) atoms. The fraction of sp³-hybridized carbons (Fsp3) is 0. The molecule has 0 saturated carbocycles. The molecule has 0 aliphatic rings. The van der Waals surface area contributed by atoms with E-state index in [9.17, 15) is 9.90 Å². The molecule has 0 aliphatic heterocycles. The zero-order valence-corrected chi connectivity index (χ0v) is 18.1. The van der Waals surface area contributed by atoms with Gasteiger partial charge in [-0.3, -0.25) is 13.9 Å². The van der Waals surface area contributed by atoms with Crippen molar-refractivity contribution in [3.05, 3.63) is 100 Å². The maximum Gasteiger partial charge on any atom is 0.290 e. The molecule has 5 aromatic rings. The van der Waals surface area contributed by atoms with Crippen LogP contribution in [0.3, 0.4) is 0 Å². The van der Waals surface area contributed by atoms with Gasteiger partial charge in [-0.15, -0.1) is 10.2 Å². The van der Waals surface area contributed by atoms with Gasteiger partial charge in [0.2, 0.25) is 16.7 Å². The second-order valence-corrected chi connectivity index (χ2v) is 8.14. The molecule has 0 amide bonds. The summed E-state index contributed by atoms with van der Waals surface area (Å²) in [6.45, 7) is 0. The molecule has 5 rings (SSSR count). The van der Waals surface area contributed by atoms with Gasteiger partial charge in [-0.25, -0.2) is 4.98 Å². The van der Waals surface area contributed by atoms with Crippen LogP contribution in [0.25, 0.3) is 21.6 Å². The van der Waals surface area contributed by atoms with Crippen molar-refractivity contribution < 1.29 is 5.11 Å². The number of nitrogens with zero attached hydrogens (tertiary/aromatic N) is 5. The first-order chi connectivity index (χ1) is 15.6. The van der Waals surface area contributed by atoms with Gasteiger partial charge < -0.3 is 5.11 Å². The van der Waals surface area contributed by atoms with Gasteiger partial charge >= 0.3 is 0 Å². The summed E-state index contributed by atoms with van der Waals surface area (Å²) in [7, 11) is 0. The molecular formula is C23H15N5O2S2. The van der Waals surface area contributed by atoms with Crippen molar-refractivity contribution in [1.29, 1.82) is 0 Å². The van der Waals surface area contributed by atoms with E-state index in [1.165, 1.54) is 20.5 Å². The summed E-state index contributed by atoms with van der Waals surface area (Å²) < 4.78 is 3.79. The Hall–Kier alpha value is -3.95. The lowest BCUT2D eigenvalue weighted by molar-refractivity contribution is 0.432. The smallest absolute Gasteiger partial charge is 0.290 e. The number of fused-ring (bicyclic) bond motifs is 1. The molecular weight excluding hydrogens is 442 g/mol. The zero-order valence-electron chi connectivity index (χ0n) is 16.5. The normalized spacial score (nSPS) is 11.4. The molecule has 0 spiro atoms. The highest BCUT2D eigenvalue weighted by Crippen LogP contribution is 2.32. The highest BCUT2D eigenvalue weighted by atomic mass is 32.1. The number of rotatable bonds is 4. The number of hydrogen-bond donors (Lipinski definition) is 1. The van der Waals surface area contributed by atoms with Crippen molar-refractivity contribution in [2.45, 2.75) is 0 Å². The van der Waals surface area contributed by atoms with Gasteiger partial charge in [-0.2, -0.15) is 0 Å². The Kier molecular flexibility index (Phi) is 5.18. The monoisotopic (exact) mass is 457 g/mol. The van der Waals surface area contributed by atoms with Crippen LogP contribution in [0, 0.1) is 4.77 Å². The Balaban J connectivity index is 1.74. The van der Waals surface area contributed by atoms with Crippen LogP contribution in [0.15, 0.2) is 100.0 Å². The summed E-state index contributed by atoms with van der Waals surface area (Å²) in [4.78, 5) is 17.7. The summed E-state index contributed by atoms with van der Waals surface area (Å²) in [5.41, 5.74) is 1.14. The van der Waals surface area contributed by atoms with Crippen LogP contribution < -0.4 is 5.56 Å². The van der Waals surface area contributed by atoms with E-state index in [1.54, 1.807) is 36.4 Å². The largest absolute Gasteiger partial charge is 0.492 e. The number of aromatic nitrogens is 3. The number of benzene rings is 3. The van der Waals surface area contributed by atoms with Crippen LogP contribution in [0.4, 0.5) is 10.8 Å². The number of aromatic hydroxyl groups is 1. The predicted octanol–water partition coefficient (Wildman–Crippen LogP) is 6.09. The molecule has 0 atom stereocenters. The Bertz CT molecular complexity index is 1540. The zero-order chi connectivity index (χ0) is 22.1. The minimum atomic E-state index is -0.573. The van der Waals surface area contributed by atoms with Crippen molar-refractivity contribution in [3.8, 4) is 17.3 Å². The van der Waals surface area contributed by atoms with Crippen molar-refractivity contribution >= 4 is 44.6 Å². The van der Waals surface area contributed by atoms with E-state index in [4.69, 9.17) is 12.2 Å². The van der Waals surface area contributed by atoms with Gasteiger partial charge in [0, 0.05) is 0 Å². The summed E-state index contributed by atoms with van der Waals surface area (Å²) in [5.74, 6) is -0.386. The highest BCUT2D eigenvalue weighted by molar-refractivity contribution is 7.71. The van der Waals surface area contributed by atoms with Gasteiger partial charge in [-0.05, 0) is 48.6 Å². The second kappa shape index (κ2) is 8.29. The van der Waals surface area contributed by atoms with E-state index in [0.29, 0.717) is 16.5 Å². The second-order valence-electron chi connectivity index (χ2n) is 6.77. The Morgan fingerprint density at radius 3 is 2.06 bits per heavy atom. The van der Waals surface area contributed by atoms with Gasteiger partial charge in [-0.1, -0.05) is 59.9 Å². The SMILES string of the molecule is O=c1c(N=Nc2nc3ccccc3s2)c(O)n(-c2ccccc2)c(=S)n1-c1ccccc1. The minimum Gasteiger partial charge on any atom is -0.492 e. The van der Waals surface area contributed by atoms with E-state index in [1.807, 2.05) is 48.5 Å². The third-order valence-corrected chi connectivity index (χ3v) is 6.04. The van der Waals surface area contributed by atoms with Crippen molar-refractivity contribution in [1.82, 2.24) is 14.1 Å². The molecule has 0 saturated heterocycles. The molecule has 0 bridgehead atoms. The van der Waals surface area contributed by atoms with Crippen molar-refractivity contribution in [2.75, 3.05) is 0 Å². The van der Waals surface area contributed by atoms with Gasteiger partial charge in [0.1, 0.15) is 0 Å². The van der Waals surface area contributed by atoms with Crippen molar-refractivity contribution in [2.24, 2.45) is 10.2 Å². The van der Waals surface area contributed by atoms with Crippen LogP contribution >= 0.6 is 23.6 Å². The maximum atomic E-state index is 13.3. The Morgan fingerprint density at radius 1 is 0.812 bits per heavy atom. The molecule has 0 aliphatic carbocycles. The van der Waals surface area contributed by atoms with E-state index in [-0.39, 0.29) is 16.3 Å². The summed E-state index contributed by atoms with van der Waals surface area (Å²) >= 11 is 6.94. The van der Waals surface area contributed by atoms with Crippen LogP contribution in [0.1, 0.15) is 0 Å². The van der Waals surface area contributed by atoms with Crippen molar-refractivity contribution in [3.63, 3.8) is 0 Å². The molecule has 7 nitrogen and oxygen atoms in total. The molecule has 2 aromatic heterocycles. The molecule has 156 valence electrons.